The molecule has 0 bridgehead atoms. The number of nitrogens with zero attached hydrogens (tertiary/aromatic N) is 1. The smallest absolute Gasteiger partial charge is 0.151 e. The summed E-state index contributed by atoms with van der Waals surface area (Å²) in [4.78, 5) is 2.43. The molecule has 0 fully saturated rings. The van der Waals surface area contributed by atoms with Gasteiger partial charge in [-0.3, -0.25) is 0 Å². The Balaban J connectivity index is 0.944. The zero-order chi connectivity index (χ0) is 38.0. The Hall–Kier alpha value is -6.64. The van der Waals surface area contributed by atoms with E-state index in [1.807, 2.05) is 0 Å². The van der Waals surface area contributed by atoms with E-state index < -0.39 is 0 Å². The van der Waals surface area contributed by atoms with Crippen molar-refractivity contribution in [3.8, 4) is 78.3 Å². The molecule has 56 heavy (non-hydrogen) atoms. The maximum Gasteiger partial charge on any atom is 0.151 e. The van der Waals surface area contributed by atoms with E-state index in [-0.39, 0.29) is 0 Å². The summed E-state index contributed by atoms with van der Waals surface area (Å²) in [6.07, 6.45) is 2.23. The van der Waals surface area contributed by atoms with Gasteiger partial charge in [-0.15, -0.1) is 0 Å². The first-order valence-electron chi connectivity index (χ1n) is 19.8. The van der Waals surface area contributed by atoms with Crippen LogP contribution in [0.25, 0.3) is 66.8 Å². The third kappa shape index (κ3) is 7.14. The zero-order valence-corrected chi connectivity index (χ0v) is 32.3. The molecule has 0 aromatic heterocycles. The van der Waals surface area contributed by atoms with Crippen molar-refractivity contribution in [1.29, 1.82) is 0 Å². The molecule has 2 nitrogen and oxygen atoms in total. The molecule has 1 aliphatic rings. The molecule has 272 valence electrons. The number of anilines is 2. The third-order valence-electron chi connectivity index (χ3n) is 11.1. The van der Waals surface area contributed by atoms with E-state index in [0.717, 1.165) is 53.4 Å². The number of fused-ring (bicyclic) bond motifs is 2. The highest BCUT2D eigenvalue weighted by molar-refractivity contribution is 5.84. The van der Waals surface area contributed by atoms with Crippen LogP contribution in [-0.4, -0.2) is 6.54 Å². The summed E-state index contributed by atoms with van der Waals surface area (Å²) in [6, 6.07) is 66.2. The van der Waals surface area contributed by atoms with Crippen LogP contribution in [0.4, 0.5) is 11.4 Å². The van der Waals surface area contributed by atoms with Gasteiger partial charge in [-0.25, -0.2) is 0 Å². The van der Waals surface area contributed by atoms with E-state index >= 15 is 0 Å². The summed E-state index contributed by atoms with van der Waals surface area (Å²) in [5, 5.41) is 0. The average Bonchev–Trinajstić information content (AvgIpc) is 3.25. The lowest BCUT2D eigenvalue weighted by atomic mass is 9.97. The van der Waals surface area contributed by atoms with Crippen LogP contribution in [-0.2, 0) is 0 Å². The number of unbranched alkanes of at least 4 members (excludes halogenated alkanes) is 1. The van der Waals surface area contributed by atoms with Crippen molar-refractivity contribution in [3.05, 3.63) is 193 Å². The lowest BCUT2D eigenvalue weighted by Crippen LogP contribution is -2.22. The molecule has 0 radical (unpaired) electrons. The van der Waals surface area contributed by atoms with Crippen LogP contribution in [0, 0.1) is 13.8 Å². The first-order chi connectivity index (χ1) is 27.5. The summed E-state index contributed by atoms with van der Waals surface area (Å²) in [6.45, 7) is 7.43. The monoisotopic (exact) mass is 723 g/mol. The number of hydrogen-bond donors (Lipinski definition) is 0. The van der Waals surface area contributed by atoms with Gasteiger partial charge in [0.1, 0.15) is 0 Å². The summed E-state index contributed by atoms with van der Waals surface area (Å²) < 4.78 is 6.76. The van der Waals surface area contributed by atoms with Crippen LogP contribution in [0.3, 0.4) is 0 Å². The summed E-state index contributed by atoms with van der Waals surface area (Å²) in [7, 11) is 0. The molecule has 1 aliphatic heterocycles. The largest absolute Gasteiger partial charge is 0.453 e. The molecule has 0 aliphatic carbocycles. The highest BCUT2D eigenvalue weighted by Crippen LogP contribution is 2.49. The first-order valence-corrected chi connectivity index (χ1v) is 19.8. The van der Waals surface area contributed by atoms with Gasteiger partial charge in [-0.05, 0) is 111 Å². The minimum absolute atomic E-state index is 0.892. The molecule has 0 unspecified atom stereocenters. The lowest BCUT2D eigenvalue weighted by molar-refractivity contribution is 0.473. The predicted octanol–water partition coefficient (Wildman–Crippen LogP) is 15.3. The predicted molar refractivity (Wildman–Crippen MR) is 237 cm³/mol. The number of rotatable bonds is 9. The molecule has 9 rings (SSSR count). The number of benzene rings is 8. The fraction of sp³-hybridized carbons (Fsp3) is 0.111. The van der Waals surface area contributed by atoms with E-state index in [9.17, 15) is 0 Å². The van der Waals surface area contributed by atoms with Gasteiger partial charge >= 0.3 is 0 Å². The first kappa shape index (κ1) is 35.1. The Kier molecular flexibility index (Phi) is 9.55. The molecule has 0 spiro atoms. The minimum Gasteiger partial charge on any atom is -0.453 e. The molecule has 0 amide bonds. The number of aryl methyl sites for hydroxylation is 2. The Morgan fingerprint density at radius 2 is 0.589 bits per heavy atom. The fourth-order valence-corrected chi connectivity index (χ4v) is 7.71. The van der Waals surface area contributed by atoms with Gasteiger partial charge < -0.3 is 9.64 Å². The Labute approximate surface area is 331 Å². The summed E-state index contributed by atoms with van der Waals surface area (Å²) >= 11 is 0. The molecule has 0 atom stereocenters. The molecule has 8 aromatic rings. The molecule has 0 saturated heterocycles. The van der Waals surface area contributed by atoms with Gasteiger partial charge in [0, 0.05) is 6.54 Å². The molecule has 0 saturated carbocycles. The maximum atomic E-state index is 6.76. The Morgan fingerprint density at radius 3 is 0.875 bits per heavy atom. The zero-order valence-electron chi connectivity index (χ0n) is 32.3. The van der Waals surface area contributed by atoms with Crippen molar-refractivity contribution >= 4 is 11.4 Å². The van der Waals surface area contributed by atoms with Gasteiger partial charge in [-0.1, -0.05) is 182 Å². The SMILES string of the molecule is CCCCN1c2ccc(-c3ccc(-c4ccc(-c5ccc(C)cc5)cc4)cc3)cc2Oc2cc(-c3ccc(-c4ccc(-c5ccc(C)cc5)cc4)cc3)ccc21. The van der Waals surface area contributed by atoms with Crippen molar-refractivity contribution in [2.75, 3.05) is 11.4 Å². The summed E-state index contributed by atoms with van der Waals surface area (Å²) in [5.41, 5.74) is 19.2. The maximum absolute atomic E-state index is 6.76. The second kappa shape index (κ2) is 15.2. The molecule has 0 N–H and O–H groups in total. The van der Waals surface area contributed by atoms with Gasteiger partial charge in [0.2, 0.25) is 0 Å². The molecular formula is C54H45NO. The molecular weight excluding hydrogens is 679 g/mol. The highest BCUT2D eigenvalue weighted by Gasteiger charge is 2.25. The second-order valence-electron chi connectivity index (χ2n) is 15.0. The van der Waals surface area contributed by atoms with E-state index in [2.05, 4.69) is 208 Å². The molecule has 2 heteroatoms. The number of ether oxygens (including phenoxy) is 1. The van der Waals surface area contributed by atoms with Crippen LogP contribution in [0.1, 0.15) is 30.9 Å². The Morgan fingerprint density at radius 1 is 0.339 bits per heavy atom. The van der Waals surface area contributed by atoms with Crippen molar-refractivity contribution < 1.29 is 4.74 Å². The summed E-state index contributed by atoms with van der Waals surface area (Å²) in [5.74, 6) is 1.78. The number of hydrogen-bond acceptors (Lipinski definition) is 2. The second-order valence-corrected chi connectivity index (χ2v) is 15.0. The van der Waals surface area contributed by atoms with Crippen LogP contribution in [0.2, 0.25) is 0 Å². The van der Waals surface area contributed by atoms with Gasteiger partial charge in [0.15, 0.2) is 11.5 Å². The van der Waals surface area contributed by atoms with E-state index in [1.54, 1.807) is 0 Å². The third-order valence-corrected chi connectivity index (χ3v) is 11.1. The minimum atomic E-state index is 0.892. The van der Waals surface area contributed by atoms with E-state index in [0.29, 0.717) is 0 Å². The van der Waals surface area contributed by atoms with Crippen LogP contribution in [0.5, 0.6) is 11.5 Å². The van der Waals surface area contributed by atoms with Gasteiger partial charge in [0.25, 0.3) is 0 Å². The van der Waals surface area contributed by atoms with Crippen LogP contribution in [0.15, 0.2) is 182 Å². The fourth-order valence-electron chi connectivity index (χ4n) is 7.71. The highest BCUT2D eigenvalue weighted by atomic mass is 16.5. The lowest BCUT2D eigenvalue weighted by Gasteiger charge is -2.33. The molecule has 1 heterocycles. The average molecular weight is 724 g/mol. The Bertz CT molecular complexity index is 2420. The molecule has 8 aromatic carbocycles. The van der Waals surface area contributed by atoms with Gasteiger partial charge in [0.05, 0.1) is 11.4 Å². The van der Waals surface area contributed by atoms with Crippen molar-refractivity contribution in [1.82, 2.24) is 0 Å². The standard InChI is InChI=1S/C54H45NO/c1-4-5-34-55-51-32-30-49(47-26-22-45(23-27-47)43-18-14-41(15-19-43)39-10-6-37(2)7-11-39)35-53(51)56-54-36-50(31-33-52(54)55)48-28-24-46(25-29-48)44-20-16-42(17-21-44)40-12-8-38(3)9-13-40/h6-33,35-36H,4-5,34H2,1-3H3. The normalized spacial score (nSPS) is 11.8. The van der Waals surface area contributed by atoms with Crippen molar-refractivity contribution in [2.45, 2.75) is 33.6 Å². The van der Waals surface area contributed by atoms with Gasteiger partial charge in [-0.2, -0.15) is 0 Å². The van der Waals surface area contributed by atoms with Crippen molar-refractivity contribution in [3.63, 3.8) is 0 Å². The quantitative estimate of drug-likeness (QED) is 0.147. The van der Waals surface area contributed by atoms with E-state index in [4.69, 9.17) is 4.74 Å². The topological polar surface area (TPSA) is 12.5 Å². The van der Waals surface area contributed by atoms with E-state index in [1.165, 1.54) is 66.8 Å². The van der Waals surface area contributed by atoms with Crippen LogP contribution >= 0.6 is 0 Å². The van der Waals surface area contributed by atoms with Crippen molar-refractivity contribution in [2.24, 2.45) is 0 Å². The van der Waals surface area contributed by atoms with Crippen LogP contribution < -0.4 is 9.64 Å².